The van der Waals surface area contributed by atoms with Crippen molar-refractivity contribution >= 4 is 16.8 Å². The smallest absolute Gasteiger partial charge is 0.123 e. The molecular weight excluding hydrogens is 244 g/mol. The van der Waals surface area contributed by atoms with Gasteiger partial charge in [0, 0.05) is 5.56 Å². The molecule has 0 saturated heterocycles. The topological polar surface area (TPSA) is 20.2 Å². The maximum Gasteiger partial charge on any atom is 0.123 e. The molecule has 0 aliphatic heterocycles. The van der Waals surface area contributed by atoms with Crippen LogP contribution >= 0.6 is 0 Å². The summed E-state index contributed by atoms with van der Waals surface area (Å²) in [6.07, 6.45) is 8.49. The minimum Gasteiger partial charge on any atom is -0.507 e. The monoisotopic (exact) mass is 262 g/mol. The summed E-state index contributed by atoms with van der Waals surface area (Å²) in [5.74, 6) is 0.364. The number of phenolic OH excluding ortho intramolecular Hbond substituents is 1. The van der Waals surface area contributed by atoms with E-state index in [1.807, 2.05) is 18.2 Å². The highest BCUT2D eigenvalue weighted by atomic mass is 16.3. The van der Waals surface area contributed by atoms with Gasteiger partial charge >= 0.3 is 0 Å². The van der Waals surface area contributed by atoms with Crippen LogP contribution in [0, 0.1) is 0 Å². The SMILES string of the molecule is C=CCC1=Cc2c(O)cc(CC=C)c3cccc(c23)C1. The number of allylic oxidation sites excluding steroid dienone is 3. The van der Waals surface area contributed by atoms with E-state index in [1.165, 1.54) is 21.9 Å². The lowest BCUT2D eigenvalue weighted by Crippen LogP contribution is -2.01. The van der Waals surface area contributed by atoms with Crippen LogP contribution in [0.5, 0.6) is 5.75 Å². The Morgan fingerprint density at radius 2 is 1.95 bits per heavy atom. The van der Waals surface area contributed by atoms with Crippen LogP contribution in [0.1, 0.15) is 23.1 Å². The van der Waals surface area contributed by atoms with E-state index in [-0.39, 0.29) is 0 Å². The van der Waals surface area contributed by atoms with Crippen molar-refractivity contribution < 1.29 is 5.11 Å². The fourth-order valence-corrected chi connectivity index (χ4v) is 3.07. The molecule has 0 aromatic heterocycles. The fourth-order valence-electron chi connectivity index (χ4n) is 3.07. The summed E-state index contributed by atoms with van der Waals surface area (Å²) in [6.45, 7) is 7.61. The number of aromatic hydroxyl groups is 1. The summed E-state index contributed by atoms with van der Waals surface area (Å²) >= 11 is 0. The van der Waals surface area contributed by atoms with Crippen LogP contribution in [0.2, 0.25) is 0 Å². The Kier molecular flexibility index (Phi) is 3.19. The van der Waals surface area contributed by atoms with Crippen molar-refractivity contribution in [1.29, 1.82) is 0 Å². The normalized spacial score (nSPS) is 13.1. The zero-order chi connectivity index (χ0) is 14.1. The van der Waals surface area contributed by atoms with E-state index in [0.717, 1.165) is 30.4 Å². The molecule has 1 N–H and O–H groups in total. The maximum absolute atomic E-state index is 10.4. The molecule has 3 rings (SSSR count). The lowest BCUT2D eigenvalue weighted by atomic mass is 9.85. The summed E-state index contributed by atoms with van der Waals surface area (Å²) < 4.78 is 0. The van der Waals surface area contributed by atoms with E-state index in [9.17, 15) is 5.11 Å². The van der Waals surface area contributed by atoms with Gasteiger partial charge in [0.25, 0.3) is 0 Å². The van der Waals surface area contributed by atoms with Gasteiger partial charge in [0.15, 0.2) is 0 Å². The Morgan fingerprint density at radius 1 is 1.15 bits per heavy atom. The van der Waals surface area contributed by atoms with Gasteiger partial charge < -0.3 is 5.11 Å². The quantitative estimate of drug-likeness (QED) is 0.785. The van der Waals surface area contributed by atoms with Crippen molar-refractivity contribution in [1.82, 2.24) is 0 Å². The van der Waals surface area contributed by atoms with Crippen LogP contribution < -0.4 is 0 Å². The van der Waals surface area contributed by atoms with Gasteiger partial charge in [0.1, 0.15) is 5.75 Å². The standard InChI is InChI=1S/C19H18O/c1-3-6-13-10-15-8-5-9-16-14(7-4-2)12-18(20)17(11-13)19(15)16/h3-5,8-9,11-12,20H,1-2,6-7,10H2. The highest BCUT2D eigenvalue weighted by Crippen LogP contribution is 2.39. The van der Waals surface area contributed by atoms with Gasteiger partial charge in [0.05, 0.1) is 0 Å². The Labute approximate surface area is 119 Å². The van der Waals surface area contributed by atoms with Gasteiger partial charge in [-0.25, -0.2) is 0 Å². The van der Waals surface area contributed by atoms with Crippen molar-refractivity contribution in [3.8, 4) is 5.75 Å². The van der Waals surface area contributed by atoms with E-state index in [1.54, 1.807) is 0 Å². The highest BCUT2D eigenvalue weighted by Gasteiger charge is 2.17. The molecule has 0 spiro atoms. The summed E-state index contributed by atoms with van der Waals surface area (Å²) in [6, 6.07) is 8.25. The number of hydrogen-bond donors (Lipinski definition) is 1. The average molecular weight is 262 g/mol. The molecule has 2 aromatic rings. The Morgan fingerprint density at radius 3 is 2.70 bits per heavy atom. The molecule has 20 heavy (non-hydrogen) atoms. The number of benzene rings is 2. The van der Waals surface area contributed by atoms with Gasteiger partial charge in [-0.15, -0.1) is 13.2 Å². The second-order valence-corrected chi connectivity index (χ2v) is 5.27. The fraction of sp³-hybridized carbons (Fsp3) is 0.158. The second kappa shape index (κ2) is 5.01. The number of hydrogen-bond acceptors (Lipinski definition) is 1. The van der Waals surface area contributed by atoms with Gasteiger partial charge in [-0.1, -0.05) is 42.0 Å². The molecule has 0 heterocycles. The minimum atomic E-state index is 0.364. The molecule has 1 aliphatic carbocycles. The molecule has 1 aliphatic rings. The summed E-state index contributed by atoms with van der Waals surface area (Å²) in [5.41, 5.74) is 4.68. The molecule has 0 fully saturated rings. The minimum absolute atomic E-state index is 0.364. The Bertz CT molecular complexity index is 735. The largest absolute Gasteiger partial charge is 0.507 e. The van der Waals surface area contributed by atoms with Crippen molar-refractivity contribution in [2.45, 2.75) is 19.3 Å². The van der Waals surface area contributed by atoms with E-state index in [4.69, 9.17) is 0 Å². The van der Waals surface area contributed by atoms with Gasteiger partial charge in [0.2, 0.25) is 0 Å². The van der Waals surface area contributed by atoms with Crippen molar-refractivity contribution in [2.24, 2.45) is 0 Å². The first-order valence-electron chi connectivity index (χ1n) is 6.92. The van der Waals surface area contributed by atoms with Crippen LogP contribution in [0.3, 0.4) is 0 Å². The third kappa shape index (κ3) is 1.96. The molecule has 0 amide bonds. The predicted octanol–water partition coefficient (Wildman–Crippen LogP) is 4.79. The van der Waals surface area contributed by atoms with Gasteiger partial charge in [-0.05, 0) is 47.2 Å². The maximum atomic E-state index is 10.4. The number of phenols is 1. The van der Waals surface area contributed by atoms with Crippen LogP contribution in [0.4, 0.5) is 0 Å². The molecular formula is C19H18O. The van der Waals surface area contributed by atoms with Crippen LogP contribution in [0.25, 0.3) is 16.8 Å². The lowest BCUT2D eigenvalue weighted by molar-refractivity contribution is 0.474. The predicted molar refractivity (Wildman–Crippen MR) is 86.0 cm³/mol. The van der Waals surface area contributed by atoms with Gasteiger partial charge in [-0.3, -0.25) is 0 Å². The second-order valence-electron chi connectivity index (χ2n) is 5.27. The van der Waals surface area contributed by atoms with E-state index in [0.29, 0.717) is 5.75 Å². The van der Waals surface area contributed by atoms with E-state index < -0.39 is 0 Å². The van der Waals surface area contributed by atoms with Crippen LogP contribution in [-0.4, -0.2) is 5.11 Å². The number of rotatable bonds is 4. The zero-order valence-corrected chi connectivity index (χ0v) is 11.5. The molecule has 1 heteroatoms. The Balaban J connectivity index is 2.32. The molecule has 0 radical (unpaired) electrons. The van der Waals surface area contributed by atoms with Gasteiger partial charge in [-0.2, -0.15) is 0 Å². The molecule has 0 saturated carbocycles. The summed E-state index contributed by atoms with van der Waals surface area (Å²) in [7, 11) is 0. The third-order valence-corrected chi connectivity index (χ3v) is 3.89. The van der Waals surface area contributed by atoms with E-state index in [2.05, 4.69) is 37.4 Å². The zero-order valence-electron chi connectivity index (χ0n) is 11.5. The van der Waals surface area contributed by atoms with Crippen LogP contribution in [-0.2, 0) is 12.8 Å². The van der Waals surface area contributed by atoms with Crippen molar-refractivity contribution in [3.63, 3.8) is 0 Å². The summed E-state index contributed by atoms with van der Waals surface area (Å²) in [4.78, 5) is 0. The Hall–Kier alpha value is -2.28. The molecule has 0 atom stereocenters. The highest BCUT2D eigenvalue weighted by molar-refractivity contribution is 5.99. The van der Waals surface area contributed by atoms with Crippen molar-refractivity contribution in [3.05, 3.63) is 71.8 Å². The molecule has 100 valence electrons. The molecule has 0 bridgehead atoms. The summed E-state index contributed by atoms with van der Waals surface area (Å²) in [5, 5.41) is 12.8. The lowest BCUT2D eigenvalue weighted by Gasteiger charge is -2.20. The van der Waals surface area contributed by atoms with Crippen molar-refractivity contribution in [2.75, 3.05) is 0 Å². The first kappa shape index (κ1) is 12.7. The van der Waals surface area contributed by atoms with Crippen LogP contribution in [0.15, 0.2) is 55.1 Å². The molecule has 0 unspecified atom stereocenters. The third-order valence-electron chi connectivity index (χ3n) is 3.89. The van der Waals surface area contributed by atoms with E-state index >= 15 is 0 Å². The first-order valence-corrected chi connectivity index (χ1v) is 6.92. The molecule has 2 aromatic carbocycles. The molecule has 1 nitrogen and oxygen atoms in total. The first-order chi connectivity index (χ1) is 9.74. The average Bonchev–Trinajstić information content (AvgIpc) is 2.44.